The van der Waals surface area contributed by atoms with E-state index in [1.807, 2.05) is 0 Å². The van der Waals surface area contributed by atoms with Crippen molar-refractivity contribution in [3.63, 3.8) is 0 Å². The van der Waals surface area contributed by atoms with Gasteiger partial charge in [-0.05, 0) is 0 Å². The summed E-state index contributed by atoms with van der Waals surface area (Å²) < 4.78 is 2.00. The predicted octanol–water partition coefficient (Wildman–Crippen LogP) is 1.90. The first-order valence-electron chi connectivity index (χ1n) is 2.89. The van der Waals surface area contributed by atoms with E-state index in [1.165, 1.54) is 0 Å². The fourth-order valence-corrected chi connectivity index (χ4v) is 2.75. The quantitative estimate of drug-likeness (QED) is 0.541. The van der Waals surface area contributed by atoms with Gasteiger partial charge in [0.15, 0.2) is 0 Å². The van der Waals surface area contributed by atoms with E-state index in [9.17, 15) is 0 Å². The van der Waals surface area contributed by atoms with Crippen LogP contribution < -0.4 is 0 Å². The minimum Gasteiger partial charge on any atom is -0.412 e. The molecular formula is C6H16OTi. The molecule has 0 aliphatic heterocycles. The zero-order valence-corrected chi connectivity index (χ0v) is 7.72. The van der Waals surface area contributed by atoms with E-state index >= 15 is 0 Å². The summed E-state index contributed by atoms with van der Waals surface area (Å²) in [6.45, 7) is 9.28. The largest absolute Gasteiger partial charge is 0.412 e. The second-order valence-electron chi connectivity index (χ2n) is 2.48. The maximum absolute atomic E-state index is 2.32. The van der Waals surface area contributed by atoms with Gasteiger partial charge in [0.05, 0.1) is 0 Å². The molecule has 0 heterocycles. The molecule has 8 heavy (non-hydrogen) atoms. The zero-order valence-electron chi connectivity index (χ0n) is 6.15. The van der Waals surface area contributed by atoms with E-state index in [-0.39, 0.29) is 5.48 Å². The van der Waals surface area contributed by atoms with Crippen LogP contribution in [0, 0.1) is 0 Å². The monoisotopic (exact) mass is 152 g/mol. The van der Waals surface area contributed by atoms with E-state index in [0.717, 1.165) is 8.45 Å². The smallest absolute Gasteiger partial charge is 0.412 e. The average Bonchev–Trinajstić information content (AvgIpc) is 1.27. The van der Waals surface area contributed by atoms with Crippen LogP contribution in [0.4, 0.5) is 0 Å². The van der Waals surface area contributed by atoms with Crippen molar-refractivity contribution in [1.82, 2.24) is 0 Å². The molecule has 0 atom stereocenters. The Morgan fingerprint density at radius 3 is 1.12 bits per heavy atom. The molecule has 0 rings (SSSR count). The normalized spacial score (nSPS) is 9.25. The summed E-state index contributed by atoms with van der Waals surface area (Å²) in [5, 5.41) is 0. The van der Waals surface area contributed by atoms with E-state index in [0.29, 0.717) is 19.2 Å². The molecule has 0 saturated carbocycles. The summed E-state index contributed by atoms with van der Waals surface area (Å²) in [6.07, 6.45) is 0. The fourth-order valence-electron chi connectivity index (χ4n) is 0.667. The van der Waals surface area contributed by atoms with Gasteiger partial charge in [-0.1, -0.05) is 0 Å². The van der Waals surface area contributed by atoms with Crippen molar-refractivity contribution < 1.29 is 24.6 Å². The summed E-state index contributed by atoms with van der Waals surface area (Å²) in [7, 11) is 0. The van der Waals surface area contributed by atoms with Crippen molar-refractivity contribution in [2.24, 2.45) is 0 Å². The van der Waals surface area contributed by atoms with Gasteiger partial charge in [0.1, 0.15) is 0 Å². The Morgan fingerprint density at radius 1 is 0.875 bits per heavy atom. The second-order valence-corrected chi connectivity index (χ2v) is 6.60. The van der Waals surface area contributed by atoms with Crippen molar-refractivity contribution in [3.8, 4) is 0 Å². The summed E-state index contributed by atoms with van der Waals surface area (Å²) in [6, 6.07) is 0. The van der Waals surface area contributed by atoms with Gasteiger partial charge >= 0.3 is 55.3 Å². The number of rotatable bonds is 2. The molecule has 0 fully saturated rings. The standard InChI is InChI=1S/2C3H7.H2O.Ti/c2*1-3-2;;/h2*3H,1-2H3;1H2;. The molecule has 2 N–H and O–H groups in total. The van der Waals surface area contributed by atoms with Crippen molar-refractivity contribution in [3.05, 3.63) is 0 Å². The molecule has 0 saturated heterocycles. The molecule has 0 aromatic carbocycles. The number of hydrogen-bond acceptors (Lipinski definition) is 0. The summed E-state index contributed by atoms with van der Waals surface area (Å²) >= 11 is 0.389. The SMILES string of the molecule is C[CH](C)[Ti][CH](C)C.O. The Kier molecular flexibility index (Phi) is 8.32. The molecule has 0 bridgehead atoms. The molecule has 0 aromatic rings. The van der Waals surface area contributed by atoms with Crippen LogP contribution in [0.1, 0.15) is 27.7 Å². The van der Waals surface area contributed by atoms with E-state index < -0.39 is 0 Å². The Hall–Kier alpha value is 0.674. The van der Waals surface area contributed by atoms with Gasteiger partial charge in [0, 0.05) is 0 Å². The van der Waals surface area contributed by atoms with Crippen LogP contribution in [0.5, 0.6) is 0 Å². The summed E-state index contributed by atoms with van der Waals surface area (Å²) in [5.41, 5.74) is 0. The zero-order chi connectivity index (χ0) is 5.86. The topological polar surface area (TPSA) is 31.5 Å². The van der Waals surface area contributed by atoms with Crippen molar-refractivity contribution in [2.75, 3.05) is 0 Å². The van der Waals surface area contributed by atoms with E-state index in [2.05, 4.69) is 27.7 Å². The van der Waals surface area contributed by atoms with Gasteiger partial charge < -0.3 is 5.48 Å². The average molecular weight is 152 g/mol. The summed E-state index contributed by atoms with van der Waals surface area (Å²) in [5.74, 6) is 0. The minimum atomic E-state index is 0. The molecule has 1 nitrogen and oxygen atoms in total. The predicted molar refractivity (Wildman–Crippen MR) is 33.8 cm³/mol. The molecule has 0 aliphatic rings. The molecular weight excluding hydrogens is 136 g/mol. The van der Waals surface area contributed by atoms with Gasteiger partial charge in [0.2, 0.25) is 0 Å². The van der Waals surface area contributed by atoms with E-state index in [4.69, 9.17) is 0 Å². The first-order valence-corrected chi connectivity index (χ1v) is 4.69. The van der Waals surface area contributed by atoms with Crippen LogP contribution in [0.25, 0.3) is 0 Å². The van der Waals surface area contributed by atoms with Crippen LogP contribution in [-0.2, 0) is 19.2 Å². The van der Waals surface area contributed by atoms with Crippen LogP contribution in [0.3, 0.4) is 0 Å². The van der Waals surface area contributed by atoms with Crippen molar-refractivity contribution in [1.29, 1.82) is 0 Å². The van der Waals surface area contributed by atoms with Gasteiger partial charge in [0.25, 0.3) is 0 Å². The summed E-state index contributed by atoms with van der Waals surface area (Å²) in [4.78, 5) is 0. The molecule has 0 spiro atoms. The maximum atomic E-state index is 2.32. The third kappa shape index (κ3) is 9.84. The Balaban J connectivity index is 0. The van der Waals surface area contributed by atoms with Gasteiger partial charge in [-0.15, -0.1) is 0 Å². The first kappa shape index (κ1) is 11.5. The third-order valence-corrected chi connectivity index (χ3v) is 2.75. The number of hydrogen-bond donors (Lipinski definition) is 0. The minimum absolute atomic E-state index is 0. The van der Waals surface area contributed by atoms with Crippen molar-refractivity contribution >= 4 is 0 Å². The second kappa shape index (κ2) is 5.80. The molecule has 0 radical (unpaired) electrons. The Bertz CT molecular complexity index is 37.8. The van der Waals surface area contributed by atoms with E-state index in [1.54, 1.807) is 0 Å². The van der Waals surface area contributed by atoms with Crippen LogP contribution in [0.2, 0.25) is 8.45 Å². The van der Waals surface area contributed by atoms with Crippen molar-refractivity contribution in [2.45, 2.75) is 36.1 Å². The molecule has 0 unspecified atom stereocenters. The van der Waals surface area contributed by atoms with Crippen LogP contribution in [0.15, 0.2) is 0 Å². The molecule has 0 amide bonds. The molecule has 50 valence electrons. The molecule has 0 aromatic heterocycles. The van der Waals surface area contributed by atoms with Gasteiger partial charge in [-0.25, -0.2) is 0 Å². The Labute approximate surface area is 61.1 Å². The van der Waals surface area contributed by atoms with Crippen LogP contribution >= 0.6 is 0 Å². The molecule has 0 aliphatic carbocycles. The van der Waals surface area contributed by atoms with Crippen LogP contribution in [-0.4, -0.2) is 5.48 Å². The third-order valence-electron chi connectivity index (χ3n) is 0.667. The van der Waals surface area contributed by atoms with Gasteiger partial charge in [-0.2, -0.15) is 0 Å². The fraction of sp³-hybridized carbons (Fsp3) is 1.00. The molecule has 2 heteroatoms. The van der Waals surface area contributed by atoms with Gasteiger partial charge in [-0.3, -0.25) is 0 Å². The first-order chi connectivity index (χ1) is 3.13. The Morgan fingerprint density at radius 2 is 1.12 bits per heavy atom. The maximum Gasteiger partial charge on any atom is -0.412 e.